The number of carboxylic acid groups (broad SMARTS) is 1. The van der Waals surface area contributed by atoms with Gasteiger partial charge >= 0.3 is 11.7 Å². The topological polar surface area (TPSA) is 122 Å². The average molecular weight is 254 g/mol. The van der Waals surface area contributed by atoms with Gasteiger partial charge in [-0.1, -0.05) is 0 Å². The molecule has 8 heteroatoms. The van der Waals surface area contributed by atoms with Crippen LogP contribution in [0.5, 0.6) is 0 Å². The monoisotopic (exact) mass is 254 g/mol. The number of aliphatic hydroxyl groups excluding tert-OH is 1. The fraction of sp³-hybridized carbons (Fsp3) is 0.300. The second-order valence-corrected chi connectivity index (χ2v) is 3.82. The summed E-state index contributed by atoms with van der Waals surface area (Å²) in [6.45, 7) is 1.49. The van der Waals surface area contributed by atoms with Gasteiger partial charge in [-0.2, -0.15) is 0 Å². The lowest BCUT2D eigenvalue weighted by Crippen LogP contribution is -2.34. The first-order chi connectivity index (χ1) is 8.40. The number of H-pyrrole nitrogens is 1. The van der Waals surface area contributed by atoms with E-state index in [2.05, 4.69) is 4.98 Å². The highest BCUT2D eigenvalue weighted by molar-refractivity contribution is 5.76. The van der Waals surface area contributed by atoms with Gasteiger partial charge in [-0.15, -0.1) is 0 Å². The van der Waals surface area contributed by atoms with Gasteiger partial charge < -0.3 is 14.9 Å². The lowest BCUT2D eigenvalue weighted by atomic mass is 10.3. The van der Waals surface area contributed by atoms with E-state index < -0.39 is 35.3 Å². The minimum Gasteiger partial charge on any atom is -0.509 e. The van der Waals surface area contributed by atoms with Crippen LogP contribution in [-0.2, 0) is 9.53 Å². The van der Waals surface area contributed by atoms with E-state index in [9.17, 15) is 19.5 Å². The summed E-state index contributed by atoms with van der Waals surface area (Å²) in [5.74, 6) is -1.84. The zero-order valence-corrected chi connectivity index (χ0v) is 9.28. The van der Waals surface area contributed by atoms with Crippen LogP contribution in [0.4, 0.5) is 0 Å². The molecule has 0 bridgehead atoms. The Morgan fingerprint density at radius 3 is 2.72 bits per heavy atom. The standard InChI is InChI=1S/C10H10N2O6/c1-4-3-12(10(17)11-8(4)14)6-2-5(13)7(18-6)9(15)16/h2-3,6-7,13H,1H3,(H,15,16)(H,11,14,17)/t6-,7+/m1/s1. The molecule has 0 spiro atoms. The van der Waals surface area contributed by atoms with Crippen LogP contribution in [-0.4, -0.2) is 31.8 Å². The minimum atomic E-state index is -1.51. The summed E-state index contributed by atoms with van der Waals surface area (Å²) in [5, 5.41) is 18.1. The first-order valence-corrected chi connectivity index (χ1v) is 5.01. The van der Waals surface area contributed by atoms with Crippen molar-refractivity contribution >= 4 is 5.97 Å². The molecule has 18 heavy (non-hydrogen) atoms. The average Bonchev–Trinajstić information content (AvgIpc) is 2.65. The van der Waals surface area contributed by atoms with Crippen LogP contribution in [0.2, 0.25) is 0 Å². The summed E-state index contributed by atoms with van der Waals surface area (Å²) < 4.78 is 5.99. The molecule has 1 aromatic heterocycles. The van der Waals surface area contributed by atoms with E-state index in [0.717, 1.165) is 10.6 Å². The molecule has 0 aromatic carbocycles. The molecule has 1 aliphatic heterocycles. The van der Waals surface area contributed by atoms with E-state index in [0.29, 0.717) is 0 Å². The number of ether oxygens (including phenoxy) is 1. The summed E-state index contributed by atoms with van der Waals surface area (Å²) in [5.41, 5.74) is -1.01. The molecule has 0 radical (unpaired) electrons. The number of aliphatic hydroxyl groups is 1. The van der Waals surface area contributed by atoms with Gasteiger partial charge in [-0.25, -0.2) is 9.59 Å². The number of aliphatic carboxylic acids is 1. The smallest absolute Gasteiger partial charge is 0.340 e. The van der Waals surface area contributed by atoms with Crippen molar-refractivity contribution in [1.82, 2.24) is 9.55 Å². The van der Waals surface area contributed by atoms with E-state index in [1.165, 1.54) is 13.1 Å². The molecule has 1 aliphatic rings. The molecule has 96 valence electrons. The molecule has 0 fully saturated rings. The number of carboxylic acids is 1. The highest BCUT2D eigenvalue weighted by atomic mass is 16.5. The molecule has 1 aromatic rings. The predicted octanol–water partition coefficient (Wildman–Crippen LogP) is -0.731. The van der Waals surface area contributed by atoms with Crippen molar-refractivity contribution in [1.29, 1.82) is 0 Å². The number of nitrogens with zero attached hydrogens (tertiary/aromatic N) is 1. The lowest BCUT2D eigenvalue weighted by Gasteiger charge is -2.13. The third-order valence-corrected chi connectivity index (χ3v) is 2.50. The Kier molecular flexibility index (Phi) is 2.79. The van der Waals surface area contributed by atoms with Crippen LogP contribution in [0.3, 0.4) is 0 Å². The third kappa shape index (κ3) is 1.93. The summed E-state index contributed by atoms with van der Waals surface area (Å²) in [6, 6.07) is 0. The van der Waals surface area contributed by atoms with Gasteiger partial charge in [0.05, 0.1) is 0 Å². The normalized spacial score (nSPS) is 22.8. The highest BCUT2D eigenvalue weighted by Crippen LogP contribution is 2.24. The SMILES string of the molecule is Cc1cn([C@H]2C=C(O)[C@@H](C(=O)O)O2)c(=O)[nH]c1=O. The van der Waals surface area contributed by atoms with Crippen LogP contribution in [0.15, 0.2) is 27.6 Å². The Morgan fingerprint density at radius 1 is 1.50 bits per heavy atom. The molecule has 2 rings (SSSR count). The van der Waals surface area contributed by atoms with Crippen molar-refractivity contribution in [3.05, 3.63) is 44.4 Å². The maximum absolute atomic E-state index is 11.5. The number of rotatable bonds is 2. The molecule has 0 amide bonds. The number of hydrogen-bond acceptors (Lipinski definition) is 5. The van der Waals surface area contributed by atoms with Gasteiger partial charge in [0, 0.05) is 17.8 Å². The molecule has 0 saturated carbocycles. The second kappa shape index (κ2) is 4.15. The van der Waals surface area contributed by atoms with Gasteiger partial charge in [0.15, 0.2) is 6.23 Å². The van der Waals surface area contributed by atoms with Crippen molar-refractivity contribution in [2.24, 2.45) is 0 Å². The van der Waals surface area contributed by atoms with Gasteiger partial charge in [0.25, 0.3) is 5.56 Å². The molecule has 2 atom stereocenters. The summed E-state index contributed by atoms with van der Waals surface area (Å²) in [7, 11) is 0. The fourth-order valence-electron chi connectivity index (χ4n) is 1.59. The zero-order chi connectivity index (χ0) is 13.4. The Labute approximate surface area is 99.8 Å². The number of aryl methyl sites for hydroxylation is 1. The second-order valence-electron chi connectivity index (χ2n) is 3.82. The van der Waals surface area contributed by atoms with Crippen LogP contribution in [0, 0.1) is 6.92 Å². The van der Waals surface area contributed by atoms with Gasteiger partial charge in [0.1, 0.15) is 5.76 Å². The van der Waals surface area contributed by atoms with Gasteiger partial charge in [0.2, 0.25) is 6.10 Å². The number of aromatic amines is 1. The highest BCUT2D eigenvalue weighted by Gasteiger charge is 2.34. The third-order valence-electron chi connectivity index (χ3n) is 2.50. The lowest BCUT2D eigenvalue weighted by molar-refractivity contribution is -0.151. The molecular formula is C10H10N2O6. The zero-order valence-electron chi connectivity index (χ0n) is 9.28. The predicted molar refractivity (Wildman–Crippen MR) is 58.3 cm³/mol. The van der Waals surface area contributed by atoms with Crippen molar-refractivity contribution in [3.63, 3.8) is 0 Å². The van der Waals surface area contributed by atoms with Crippen LogP contribution < -0.4 is 11.2 Å². The van der Waals surface area contributed by atoms with Crippen LogP contribution in [0.25, 0.3) is 0 Å². The van der Waals surface area contributed by atoms with Crippen LogP contribution >= 0.6 is 0 Å². The fourth-order valence-corrected chi connectivity index (χ4v) is 1.59. The molecule has 3 N–H and O–H groups in total. The van der Waals surface area contributed by atoms with Crippen molar-refractivity contribution in [3.8, 4) is 0 Å². The number of hydrogen-bond donors (Lipinski definition) is 3. The number of nitrogens with one attached hydrogen (secondary N) is 1. The van der Waals surface area contributed by atoms with E-state index in [1.54, 1.807) is 0 Å². The molecule has 0 unspecified atom stereocenters. The Bertz CT molecular complexity index is 641. The van der Waals surface area contributed by atoms with Crippen molar-refractivity contribution in [2.75, 3.05) is 0 Å². The molecule has 0 saturated heterocycles. The van der Waals surface area contributed by atoms with E-state index in [4.69, 9.17) is 9.84 Å². The molecule has 8 nitrogen and oxygen atoms in total. The molecular weight excluding hydrogens is 244 g/mol. The first-order valence-electron chi connectivity index (χ1n) is 5.01. The van der Waals surface area contributed by atoms with Gasteiger partial charge in [-0.05, 0) is 6.92 Å². The summed E-state index contributed by atoms with van der Waals surface area (Å²) >= 11 is 0. The number of aromatic nitrogens is 2. The van der Waals surface area contributed by atoms with E-state index in [1.807, 2.05) is 0 Å². The largest absolute Gasteiger partial charge is 0.509 e. The summed E-state index contributed by atoms with van der Waals surface area (Å²) in [6.07, 6.45) is -0.235. The first kappa shape index (κ1) is 12.1. The van der Waals surface area contributed by atoms with E-state index >= 15 is 0 Å². The molecule has 2 heterocycles. The van der Waals surface area contributed by atoms with Crippen LogP contribution in [0.1, 0.15) is 11.8 Å². The van der Waals surface area contributed by atoms with Crippen molar-refractivity contribution < 1.29 is 19.7 Å². The van der Waals surface area contributed by atoms with E-state index in [-0.39, 0.29) is 5.56 Å². The number of carbonyl (C=O) groups is 1. The Hall–Kier alpha value is -2.35. The van der Waals surface area contributed by atoms with Gasteiger partial charge in [-0.3, -0.25) is 14.3 Å². The minimum absolute atomic E-state index is 0.268. The van der Waals surface area contributed by atoms with Crippen molar-refractivity contribution in [2.45, 2.75) is 19.3 Å². The Balaban J connectivity index is 2.42. The quantitative estimate of drug-likeness (QED) is 0.639. The maximum Gasteiger partial charge on any atom is 0.340 e. The molecule has 0 aliphatic carbocycles. The Morgan fingerprint density at radius 2 is 2.17 bits per heavy atom. The maximum atomic E-state index is 11.5. The summed E-state index contributed by atoms with van der Waals surface area (Å²) in [4.78, 5) is 35.5.